The Hall–Kier alpha value is -0.720. The molecule has 0 aliphatic rings. The van der Waals surface area contributed by atoms with Crippen LogP contribution in [0.1, 0.15) is 20.8 Å². The number of nitrogens with zero attached hydrogens (tertiary/aromatic N) is 1. The van der Waals surface area contributed by atoms with Gasteiger partial charge in [0.2, 0.25) is 0 Å². The van der Waals surface area contributed by atoms with Crippen LogP contribution in [0.25, 0.3) is 0 Å². The van der Waals surface area contributed by atoms with Gasteiger partial charge < -0.3 is 5.32 Å². The molecule has 2 rings (SSSR count). The molecule has 0 radical (unpaired) electrons. The first-order valence-corrected chi connectivity index (χ1v) is 7.60. The number of hydrogen-bond acceptors (Lipinski definition) is 3. The fourth-order valence-corrected chi connectivity index (χ4v) is 3.37. The molecule has 0 unspecified atom stereocenters. The summed E-state index contributed by atoms with van der Waals surface area (Å²) in [6.45, 7) is 2.49. The molecule has 0 aliphatic carbocycles. The molecule has 18 heavy (non-hydrogen) atoms. The first-order valence-electron chi connectivity index (χ1n) is 5.20. The average Bonchev–Trinajstić information content (AvgIpc) is 2.68. The second-order valence-electron chi connectivity index (χ2n) is 3.72. The number of pyridine rings is 1. The monoisotopic (exact) mass is 388 g/mol. The predicted molar refractivity (Wildman–Crippen MR) is 79.9 cm³/mol. The van der Waals surface area contributed by atoms with Crippen molar-refractivity contribution < 1.29 is 4.79 Å². The summed E-state index contributed by atoms with van der Waals surface area (Å²) in [5, 5.41) is 2.90. The molecule has 0 saturated heterocycles. The third-order valence-corrected chi connectivity index (χ3v) is 5.70. The number of nitrogens with one attached hydrogen (secondary N) is 1. The molecule has 0 aliphatic heterocycles. The van der Waals surface area contributed by atoms with E-state index in [1.165, 1.54) is 11.3 Å². The molecule has 1 amide bonds. The highest BCUT2D eigenvalue weighted by Gasteiger charge is 2.11. The van der Waals surface area contributed by atoms with Gasteiger partial charge in [-0.2, -0.15) is 0 Å². The lowest BCUT2D eigenvalue weighted by molar-refractivity contribution is 0.0955. The van der Waals surface area contributed by atoms with Crippen LogP contribution in [0, 0.1) is 6.92 Å². The van der Waals surface area contributed by atoms with Crippen LogP contribution in [0.15, 0.2) is 32.8 Å². The fraction of sp³-hybridized carbons (Fsp3) is 0.167. The van der Waals surface area contributed by atoms with E-state index in [4.69, 9.17) is 0 Å². The van der Waals surface area contributed by atoms with Gasteiger partial charge >= 0.3 is 0 Å². The summed E-state index contributed by atoms with van der Waals surface area (Å²) >= 11 is 8.15. The summed E-state index contributed by atoms with van der Waals surface area (Å²) in [6, 6.07) is 3.72. The molecule has 2 aromatic rings. The minimum Gasteiger partial charge on any atom is -0.347 e. The minimum atomic E-state index is -0.0670. The Morgan fingerprint density at radius 2 is 2.28 bits per heavy atom. The van der Waals surface area contributed by atoms with Crippen molar-refractivity contribution in [2.75, 3.05) is 0 Å². The third kappa shape index (κ3) is 3.18. The van der Waals surface area contributed by atoms with E-state index >= 15 is 0 Å². The molecular weight excluding hydrogens is 380 g/mol. The number of aryl methyl sites for hydroxylation is 1. The highest BCUT2D eigenvalue weighted by Crippen LogP contribution is 2.32. The number of amides is 1. The van der Waals surface area contributed by atoms with E-state index in [1.807, 2.05) is 19.1 Å². The highest BCUT2D eigenvalue weighted by atomic mass is 79.9. The van der Waals surface area contributed by atoms with Crippen LogP contribution < -0.4 is 5.32 Å². The fourth-order valence-electron chi connectivity index (χ4n) is 1.42. The summed E-state index contributed by atoms with van der Waals surface area (Å²) in [6.07, 6.45) is 3.52. The van der Waals surface area contributed by atoms with E-state index in [-0.39, 0.29) is 5.91 Å². The van der Waals surface area contributed by atoms with Gasteiger partial charge in [0, 0.05) is 23.4 Å². The second kappa shape index (κ2) is 5.95. The summed E-state index contributed by atoms with van der Waals surface area (Å²) in [5.41, 5.74) is 2.15. The predicted octanol–water partition coefficient (Wildman–Crippen LogP) is 3.91. The number of halogens is 2. The van der Waals surface area contributed by atoms with Gasteiger partial charge in [0.15, 0.2) is 0 Å². The number of aromatic nitrogens is 1. The van der Waals surface area contributed by atoms with Gasteiger partial charge in [-0.25, -0.2) is 0 Å². The highest BCUT2D eigenvalue weighted by molar-refractivity contribution is 9.13. The van der Waals surface area contributed by atoms with Crippen molar-refractivity contribution in [3.8, 4) is 0 Å². The molecule has 0 spiro atoms. The van der Waals surface area contributed by atoms with Crippen molar-refractivity contribution in [2.45, 2.75) is 13.5 Å². The lowest BCUT2D eigenvalue weighted by Gasteiger charge is -2.06. The van der Waals surface area contributed by atoms with Crippen molar-refractivity contribution >= 4 is 49.1 Å². The first-order chi connectivity index (χ1) is 8.58. The molecule has 3 nitrogen and oxygen atoms in total. The molecule has 0 atom stereocenters. The normalized spacial score (nSPS) is 10.4. The smallest absolute Gasteiger partial charge is 0.261 e. The van der Waals surface area contributed by atoms with Crippen LogP contribution in [0.3, 0.4) is 0 Å². The van der Waals surface area contributed by atoms with Gasteiger partial charge in [-0.3, -0.25) is 9.78 Å². The lowest BCUT2D eigenvalue weighted by Crippen LogP contribution is -2.22. The van der Waals surface area contributed by atoms with Crippen molar-refractivity contribution in [2.24, 2.45) is 0 Å². The Morgan fingerprint density at radius 1 is 1.50 bits per heavy atom. The summed E-state index contributed by atoms with van der Waals surface area (Å²) in [7, 11) is 0. The molecular formula is C12H10Br2N2OS. The number of rotatable bonds is 3. The Morgan fingerprint density at radius 3 is 2.89 bits per heavy atom. The van der Waals surface area contributed by atoms with E-state index in [1.54, 1.807) is 12.4 Å². The van der Waals surface area contributed by atoms with Gasteiger partial charge in [-0.05, 0) is 62.0 Å². The van der Waals surface area contributed by atoms with E-state index in [2.05, 4.69) is 42.2 Å². The first kappa shape index (κ1) is 13.7. The molecule has 0 saturated carbocycles. The zero-order chi connectivity index (χ0) is 13.1. The molecule has 2 heterocycles. The number of carbonyl (C=O) groups is 1. The van der Waals surface area contributed by atoms with Crippen LogP contribution in [0.2, 0.25) is 0 Å². The van der Waals surface area contributed by atoms with E-state index in [0.29, 0.717) is 11.4 Å². The largest absolute Gasteiger partial charge is 0.347 e. The maximum Gasteiger partial charge on any atom is 0.261 e. The lowest BCUT2D eigenvalue weighted by atomic mass is 10.1. The standard InChI is InChI=1S/C12H10Br2N2OS/c1-7-5-15-3-2-8(7)6-16-12(17)10-4-9(13)11(14)18-10/h2-5H,6H2,1H3,(H,16,17). The van der Waals surface area contributed by atoms with Crippen LogP contribution in [-0.4, -0.2) is 10.9 Å². The number of thiophene rings is 1. The Kier molecular flexibility index (Phi) is 4.53. The minimum absolute atomic E-state index is 0.0670. The number of carbonyl (C=O) groups excluding carboxylic acids is 1. The van der Waals surface area contributed by atoms with Crippen LogP contribution in [0.4, 0.5) is 0 Å². The third-order valence-electron chi connectivity index (χ3n) is 2.44. The Balaban J connectivity index is 2.03. The van der Waals surface area contributed by atoms with Crippen molar-refractivity contribution in [3.05, 3.63) is 48.8 Å². The second-order valence-corrected chi connectivity index (χ2v) is 6.94. The summed E-state index contributed by atoms with van der Waals surface area (Å²) in [4.78, 5) is 16.6. The molecule has 1 N–H and O–H groups in total. The average molecular weight is 390 g/mol. The quantitative estimate of drug-likeness (QED) is 0.864. The Labute approximate surface area is 126 Å². The van der Waals surface area contributed by atoms with Crippen LogP contribution in [-0.2, 0) is 6.54 Å². The molecule has 6 heteroatoms. The maximum absolute atomic E-state index is 11.9. The summed E-state index contributed by atoms with van der Waals surface area (Å²) < 4.78 is 1.82. The Bertz CT molecular complexity index is 564. The van der Waals surface area contributed by atoms with Gasteiger partial charge in [0.05, 0.1) is 8.66 Å². The molecule has 0 aromatic carbocycles. The van der Waals surface area contributed by atoms with E-state index in [0.717, 1.165) is 19.4 Å². The zero-order valence-corrected chi connectivity index (χ0v) is 13.5. The SMILES string of the molecule is Cc1cnccc1CNC(=O)c1cc(Br)c(Br)s1. The van der Waals surface area contributed by atoms with Gasteiger partial charge in [-0.15, -0.1) is 11.3 Å². The molecule has 94 valence electrons. The van der Waals surface area contributed by atoms with Crippen LogP contribution >= 0.6 is 43.2 Å². The van der Waals surface area contributed by atoms with Crippen LogP contribution in [0.5, 0.6) is 0 Å². The van der Waals surface area contributed by atoms with Gasteiger partial charge in [0.1, 0.15) is 0 Å². The maximum atomic E-state index is 11.9. The van der Waals surface area contributed by atoms with Crippen molar-refractivity contribution in [3.63, 3.8) is 0 Å². The number of hydrogen-bond donors (Lipinski definition) is 1. The topological polar surface area (TPSA) is 42.0 Å². The van der Waals surface area contributed by atoms with Crippen molar-refractivity contribution in [1.82, 2.24) is 10.3 Å². The molecule has 0 fully saturated rings. The van der Waals surface area contributed by atoms with Crippen molar-refractivity contribution in [1.29, 1.82) is 0 Å². The molecule has 0 bridgehead atoms. The van der Waals surface area contributed by atoms with E-state index < -0.39 is 0 Å². The molecule has 2 aromatic heterocycles. The van der Waals surface area contributed by atoms with E-state index in [9.17, 15) is 4.79 Å². The zero-order valence-electron chi connectivity index (χ0n) is 9.54. The summed E-state index contributed by atoms with van der Waals surface area (Å²) in [5.74, 6) is -0.0670. The van der Waals surface area contributed by atoms with Gasteiger partial charge in [0.25, 0.3) is 5.91 Å². The van der Waals surface area contributed by atoms with Gasteiger partial charge in [-0.1, -0.05) is 0 Å².